The molecule has 0 spiro atoms. The molecule has 2 unspecified atom stereocenters. The minimum absolute atomic E-state index is 0.0545. The molecule has 2 heterocycles. The Morgan fingerprint density at radius 2 is 1.71 bits per heavy atom. The van der Waals surface area contributed by atoms with Crippen LogP contribution in [0.15, 0.2) is 24.5 Å². The number of alkyl halides is 5. The molecular weight excluding hydrogens is 482 g/mol. The summed E-state index contributed by atoms with van der Waals surface area (Å²) in [5.74, 6) is -1.16. The smallest absolute Gasteiger partial charge is 0.266 e. The first kappa shape index (κ1) is 25.6. The van der Waals surface area contributed by atoms with Crippen LogP contribution in [0.5, 0.6) is 0 Å². The summed E-state index contributed by atoms with van der Waals surface area (Å²) in [7, 11) is 0. The first-order valence-electron chi connectivity index (χ1n) is 10.9. The maximum Gasteiger partial charge on any atom is 0.266 e. The van der Waals surface area contributed by atoms with E-state index in [1.165, 1.54) is 19.1 Å². The van der Waals surface area contributed by atoms with Crippen LogP contribution < -0.4 is 10.6 Å². The van der Waals surface area contributed by atoms with Crippen LogP contribution in [-0.2, 0) is 9.47 Å². The molecule has 1 aliphatic carbocycles. The Balaban J connectivity index is 1.64. The van der Waals surface area contributed by atoms with Crippen LogP contribution in [0.2, 0.25) is 0 Å². The third kappa shape index (κ3) is 5.22. The number of nitrogens with zero attached hydrogens (tertiary/aromatic N) is 2. The van der Waals surface area contributed by atoms with Crippen molar-refractivity contribution in [2.24, 2.45) is 0 Å². The largest absolute Gasteiger partial charge is 0.375 e. The maximum atomic E-state index is 15.4. The Morgan fingerprint density at radius 3 is 2.31 bits per heavy atom. The minimum Gasteiger partial charge on any atom is -0.375 e. The van der Waals surface area contributed by atoms with E-state index in [9.17, 15) is 27.1 Å². The number of benzene rings is 1. The summed E-state index contributed by atoms with van der Waals surface area (Å²) < 4.78 is 93.7. The van der Waals surface area contributed by atoms with Gasteiger partial charge < -0.3 is 19.9 Å². The van der Waals surface area contributed by atoms with Gasteiger partial charge in [0.05, 0.1) is 41.6 Å². The topological polar surface area (TPSA) is 88.5 Å². The molecule has 192 valence electrons. The van der Waals surface area contributed by atoms with Gasteiger partial charge in [-0.15, -0.1) is 0 Å². The van der Waals surface area contributed by atoms with E-state index in [1.54, 1.807) is 0 Å². The van der Waals surface area contributed by atoms with Gasteiger partial charge in [-0.05, 0) is 19.8 Å². The van der Waals surface area contributed by atoms with Gasteiger partial charge in [0.15, 0.2) is 12.5 Å². The van der Waals surface area contributed by atoms with Gasteiger partial charge >= 0.3 is 0 Å². The summed E-state index contributed by atoms with van der Waals surface area (Å²) in [6.07, 6.45) is -10.2. The van der Waals surface area contributed by atoms with Gasteiger partial charge in [-0.25, -0.2) is 36.3 Å². The molecule has 1 aromatic heterocycles. The number of aromatic nitrogens is 2. The molecule has 4 rings (SSSR count). The number of rotatable bonds is 10. The van der Waals surface area contributed by atoms with Crippen LogP contribution in [-0.4, -0.2) is 46.5 Å². The Labute approximate surface area is 196 Å². The van der Waals surface area contributed by atoms with Gasteiger partial charge in [0.2, 0.25) is 0 Å². The van der Waals surface area contributed by atoms with Gasteiger partial charge in [-0.1, -0.05) is 18.2 Å². The summed E-state index contributed by atoms with van der Waals surface area (Å²) in [5.41, 5.74) is -2.97. The number of aliphatic hydroxyl groups excluding tert-OH is 1. The number of nitrogens with one attached hydrogen (secondary N) is 2. The SMILES string of the molecule is C[C@@H](Nc1ncnc(C(F)C(O)NC2(C(F)F)CC2)c1C1OCCO1)c1cccc(C(F)F)c1F. The van der Waals surface area contributed by atoms with E-state index in [4.69, 9.17) is 9.47 Å². The zero-order valence-electron chi connectivity index (χ0n) is 18.5. The van der Waals surface area contributed by atoms with Crippen molar-refractivity contribution in [2.75, 3.05) is 18.5 Å². The molecule has 1 aromatic carbocycles. The molecule has 3 atom stereocenters. The normalized spacial score (nSPS) is 20.3. The quantitative estimate of drug-likeness (QED) is 0.323. The number of aliphatic hydroxyl groups is 1. The van der Waals surface area contributed by atoms with Crippen LogP contribution in [0.1, 0.15) is 67.1 Å². The standard InChI is InChI=1S/C22H24F6N4O3/c1-10(11-3-2-4-12(14(11)23)17(25)26)31-18-13(20-34-7-8-35-20)16(29-9-30-18)15(24)19(33)32-22(5-6-22)21(27)28/h2-4,9-10,15,17,19-21,32-33H,5-8H2,1H3,(H,29,30,31)/t10-,15?,19?/m1/s1. The highest BCUT2D eigenvalue weighted by Crippen LogP contribution is 2.43. The first-order chi connectivity index (χ1) is 16.6. The number of hydrogen-bond donors (Lipinski definition) is 3. The minimum atomic E-state index is -3.02. The van der Waals surface area contributed by atoms with Crippen molar-refractivity contribution in [3.8, 4) is 0 Å². The van der Waals surface area contributed by atoms with Gasteiger partial charge in [-0.2, -0.15) is 0 Å². The molecule has 0 amide bonds. The van der Waals surface area contributed by atoms with Crippen molar-refractivity contribution in [3.63, 3.8) is 0 Å². The van der Waals surface area contributed by atoms with Crippen LogP contribution in [0, 0.1) is 5.82 Å². The van der Waals surface area contributed by atoms with E-state index >= 15 is 4.39 Å². The van der Waals surface area contributed by atoms with Gasteiger partial charge in [0, 0.05) is 5.56 Å². The van der Waals surface area contributed by atoms with Crippen molar-refractivity contribution >= 4 is 5.82 Å². The third-order valence-corrected chi connectivity index (χ3v) is 6.07. The highest BCUT2D eigenvalue weighted by atomic mass is 19.3. The van der Waals surface area contributed by atoms with E-state index in [0.717, 1.165) is 12.4 Å². The fourth-order valence-corrected chi connectivity index (χ4v) is 3.93. The van der Waals surface area contributed by atoms with Crippen molar-refractivity contribution in [2.45, 2.75) is 62.9 Å². The first-order valence-corrected chi connectivity index (χ1v) is 10.9. The van der Waals surface area contributed by atoms with Crippen molar-refractivity contribution in [1.82, 2.24) is 15.3 Å². The van der Waals surface area contributed by atoms with Crippen LogP contribution >= 0.6 is 0 Å². The molecule has 35 heavy (non-hydrogen) atoms. The number of halogens is 6. The van der Waals surface area contributed by atoms with Crippen LogP contribution in [0.25, 0.3) is 0 Å². The molecule has 0 radical (unpaired) electrons. The van der Waals surface area contributed by atoms with Gasteiger partial charge in [0.25, 0.3) is 12.9 Å². The molecule has 7 nitrogen and oxygen atoms in total. The highest BCUT2D eigenvalue weighted by molar-refractivity contribution is 5.50. The van der Waals surface area contributed by atoms with Crippen molar-refractivity contribution in [3.05, 3.63) is 52.7 Å². The molecule has 2 aromatic rings. The molecule has 2 fully saturated rings. The van der Waals surface area contributed by atoms with Crippen molar-refractivity contribution < 1.29 is 40.9 Å². The molecule has 1 saturated carbocycles. The number of anilines is 1. The Kier molecular flexibility index (Phi) is 7.50. The van der Waals surface area contributed by atoms with E-state index in [0.29, 0.717) is 0 Å². The summed E-state index contributed by atoms with van der Waals surface area (Å²) >= 11 is 0. The lowest BCUT2D eigenvalue weighted by molar-refractivity contribution is -0.0482. The molecule has 1 aliphatic heterocycles. The second-order valence-corrected chi connectivity index (χ2v) is 8.46. The Morgan fingerprint density at radius 1 is 1.06 bits per heavy atom. The van der Waals surface area contributed by atoms with E-state index < -0.39 is 54.5 Å². The predicted molar refractivity (Wildman–Crippen MR) is 111 cm³/mol. The number of hydrogen-bond acceptors (Lipinski definition) is 7. The third-order valence-electron chi connectivity index (χ3n) is 6.07. The average Bonchev–Trinajstić information content (AvgIpc) is 3.41. The Bertz CT molecular complexity index is 1040. The average molecular weight is 506 g/mol. The molecular formula is C22H24F6N4O3. The zero-order chi connectivity index (χ0) is 25.3. The van der Waals surface area contributed by atoms with Crippen LogP contribution in [0.4, 0.5) is 32.2 Å². The molecule has 2 aliphatic rings. The molecule has 1 saturated heterocycles. The fraction of sp³-hybridized carbons (Fsp3) is 0.545. The molecule has 3 N–H and O–H groups in total. The summed E-state index contributed by atoms with van der Waals surface area (Å²) in [4.78, 5) is 7.94. The molecule has 13 heteroatoms. The van der Waals surface area contributed by atoms with E-state index in [2.05, 4.69) is 20.6 Å². The van der Waals surface area contributed by atoms with E-state index in [1.807, 2.05) is 0 Å². The highest BCUT2D eigenvalue weighted by Gasteiger charge is 2.53. The second kappa shape index (κ2) is 10.2. The summed E-state index contributed by atoms with van der Waals surface area (Å²) in [5, 5.41) is 15.4. The fourth-order valence-electron chi connectivity index (χ4n) is 3.93. The predicted octanol–water partition coefficient (Wildman–Crippen LogP) is 4.49. The van der Waals surface area contributed by atoms with Crippen molar-refractivity contribution in [1.29, 1.82) is 0 Å². The maximum absolute atomic E-state index is 15.4. The monoisotopic (exact) mass is 506 g/mol. The number of ether oxygens (including phenoxy) is 2. The lowest BCUT2D eigenvalue weighted by atomic mass is 10.0. The van der Waals surface area contributed by atoms with E-state index in [-0.39, 0.29) is 48.7 Å². The zero-order valence-corrected chi connectivity index (χ0v) is 18.5. The lowest BCUT2D eigenvalue weighted by Crippen LogP contribution is -2.47. The second-order valence-electron chi connectivity index (χ2n) is 8.46. The van der Waals surface area contributed by atoms with Crippen LogP contribution in [0.3, 0.4) is 0 Å². The summed E-state index contributed by atoms with van der Waals surface area (Å²) in [6.45, 7) is 1.80. The van der Waals surface area contributed by atoms with Gasteiger partial charge in [0.1, 0.15) is 24.2 Å². The summed E-state index contributed by atoms with van der Waals surface area (Å²) in [6, 6.07) is 2.66. The van der Waals surface area contributed by atoms with Gasteiger partial charge in [-0.3, -0.25) is 5.32 Å². The lowest BCUT2D eigenvalue weighted by Gasteiger charge is -2.26. The molecule has 0 bridgehead atoms. The Hall–Kier alpha value is -2.48.